The summed E-state index contributed by atoms with van der Waals surface area (Å²) in [5.74, 6) is -0.501. The minimum atomic E-state index is -0.386. The molecule has 112 valence electrons. The molecule has 2 heterocycles. The summed E-state index contributed by atoms with van der Waals surface area (Å²) in [7, 11) is 0. The van der Waals surface area contributed by atoms with Gasteiger partial charge in [0.15, 0.2) is 5.13 Å². The first-order chi connectivity index (χ1) is 10.6. The van der Waals surface area contributed by atoms with Gasteiger partial charge in [0, 0.05) is 23.6 Å². The molecule has 3 aromatic rings. The Hall–Kier alpha value is -2.54. The van der Waals surface area contributed by atoms with Crippen molar-refractivity contribution in [3.05, 3.63) is 64.2 Å². The molecule has 1 N–H and O–H groups in total. The molecule has 0 aliphatic carbocycles. The number of carbonyl (C=O) groups excluding carboxylic acids is 1. The molecule has 1 aromatic carbocycles. The first kappa shape index (κ1) is 14.4. The fraction of sp³-hybridized carbons (Fsp3) is 0.133. The fourth-order valence-electron chi connectivity index (χ4n) is 1.88. The lowest BCUT2D eigenvalue weighted by Gasteiger charge is -1.98. The van der Waals surface area contributed by atoms with Gasteiger partial charge in [-0.25, -0.2) is 9.37 Å². The van der Waals surface area contributed by atoms with Crippen molar-refractivity contribution in [3.8, 4) is 0 Å². The number of rotatable bonds is 4. The summed E-state index contributed by atoms with van der Waals surface area (Å²) in [4.78, 5) is 17.0. The van der Waals surface area contributed by atoms with E-state index in [-0.39, 0.29) is 17.5 Å². The van der Waals surface area contributed by atoms with Crippen molar-refractivity contribution in [2.75, 3.05) is 5.32 Å². The average Bonchev–Trinajstić information content (AvgIpc) is 3.11. The first-order valence-electron chi connectivity index (χ1n) is 6.54. The van der Waals surface area contributed by atoms with Crippen molar-refractivity contribution < 1.29 is 13.7 Å². The first-order valence-corrected chi connectivity index (χ1v) is 7.35. The van der Waals surface area contributed by atoms with Crippen LogP contribution >= 0.6 is 11.3 Å². The zero-order valence-corrected chi connectivity index (χ0v) is 12.5. The second-order valence-electron chi connectivity index (χ2n) is 4.72. The van der Waals surface area contributed by atoms with Crippen LogP contribution in [0.4, 0.5) is 9.52 Å². The van der Waals surface area contributed by atoms with Gasteiger partial charge >= 0.3 is 0 Å². The van der Waals surface area contributed by atoms with Crippen molar-refractivity contribution in [1.29, 1.82) is 0 Å². The summed E-state index contributed by atoms with van der Waals surface area (Å²) in [5.41, 5.74) is 1.62. The van der Waals surface area contributed by atoms with Crippen LogP contribution in [-0.4, -0.2) is 16.0 Å². The maximum Gasteiger partial charge on any atom is 0.296 e. The lowest BCUT2D eigenvalue weighted by molar-refractivity contribution is 0.0988. The maximum absolute atomic E-state index is 12.9. The van der Waals surface area contributed by atoms with E-state index >= 15 is 0 Å². The minimum absolute atomic E-state index is 0.146. The SMILES string of the molecule is Cc1cc(C(=O)Nc2ncc(Cc3ccc(F)cc3)s2)on1. The van der Waals surface area contributed by atoms with Gasteiger partial charge in [0.2, 0.25) is 5.76 Å². The highest BCUT2D eigenvalue weighted by molar-refractivity contribution is 7.15. The number of hydrogen-bond donors (Lipinski definition) is 1. The van der Waals surface area contributed by atoms with Crippen LogP contribution < -0.4 is 5.32 Å². The van der Waals surface area contributed by atoms with Crippen LogP contribution in [0, 0.1) is 12.7 Å². The standard InChI is InChI=1S/C15H12FN3O2S/c1-9-6-13(21-19-9)14(20)18-15-17-8-12(22-15)7-10-2-4-11(16)5-3-10/h2-6,8H,7H2,1H3,(H,17,18,20). The van der Waals surface area contributed by atoms with Crippen LogP contribution in [0.3, 0.4) is 0 Å². The second kappa shape index (κ2) is 6.07. The molecule has 0 spiro atoms. The van der Waals surface area contributed by atoms with E-state index in [2.05, 4.69) is 15.5 Å². The second-order valence-corrected chi connectivity index (χ2v) is 5.84. The van der Waals surface area contributed by atoms with E-state index < -0.39 is 0 Å². The third-order valence-corrected chi connectivity index (χ3v) is 3.83. The lowest BCUT2D eigenvalue weighted by atomic mass is 10.1. The van der Waals surface area contributed by atoms with Crippen molar-refractivity contribution in [2.24, 2.45) is 0 Å². The van der Waals surface area contributed by atoms with Crippen molar-refractivity contribution >= 4 is 22.4 Å². The summed E-state index contributed by atoms with van der Waals surface area (Å²) >= 11 is 1.36. The summed E-state index contributed by atoms with van der Waals surface area (Å²) in [5, 5.41) is 6.81. The highest BCUT2D eigenvalue weighted by Crippen LogP contribution is 2.22. The Labute approximate surface area is 129 Å². The van der Waals surface area contributed by atoms with Gasteiger partial charge in [-0.15, -0.1) is 11.3 Å². The molecule has 0 atom stereocenters. The van der Waals surface area contributed by atoms with Gasteiger partial charge in [0.25, 0.3) is 5.91 Å². The monoisotopic (exact) mass is 317 g/mol. The number of nitrogens with zero attached hydrogens (tertiary/aromatic N) is 2. The van der Waals surface area contributed by atoms with Crippen molar-refractivity contribution in [2.45, 2.75) is 13.3 Å². The Balaban J connectivity index is 1.66. The summed E-state index contributed by atoms with van der Waals surface area (Å²) in [6.07, 6.45) is 2.32. The van der Waals surface area contributed by atoms with Crippen LogP contribution in [-0.2, 0) is 6.42 Å². The fourth-order valence-corrected chi connectivity index (χ4v) is 2.72. The number of thiazole rings is 1. The Morgan fingerprint density at radius 1 is 1.36 bits per heavy atom. The topological polar surface area (TPSA) is 68.0 Å². The molecule has 3 rings (SSSR count). The van der Waals surface area contributed by atoms with E-state index in [4.69, 9.17) is 4.52 Å². The molecule has 7 heteroatoms. The Bertz CT molecular complexity index is 795. The predicted octanol–water partition coefficient (Wildman–Crippen LogP) is 3.42. The van der Waals surface area contributed by atoms with Gasteiger partial charge in [0.05, 0.1) is 5.69 Å². The van der Waals surface area contributed by atoms with E-state index in [0.717, 1.165) is 10.4 Å². The number of anilines is 1. The molecule has 0 saturated carbocycles. The predicted molar refractivity (Wildman–Crippen MR) is 80.5 cm³/mol. The van der Waals surface area contributed by atoms with Crippen molar-refractivity contribution in [1.82, 2.24) is 10.1 Å². The van der Waals surface area contributed by atoms with Gasteiger partial charge in [-0.3, -0.25) is 10.1 Å². The zero-order valence-electron chi connectivity index (χ0n) is 11.7. The van der Waals surface area contributed by atoms with Crippen molar-refractivity contribution in [3.63, 3.8) is 0 Å². The van der Waals surface area contributed by atoms with Gasteiger partial charge < -0.3 is 4.52 Å². The summed E-state index contributed by atoms with van der Waals surface area (Å²) in [6, 6.07) is 7.86. The smallest absolute Gasteiger partial charge is 0.296 e. The quantitative estimate of drug-likeness (QED) is 0.800. The largest absolute Gasteiger partial charge is 0.351 e. The molecule has 2 aromatic heterocycles. The van der Waals surface area contributed by atoms with Gasteiger partial charge in [0.1, 0.15) is 5.82 Å². The maximum atomic E-state index is 12.9. The zero-order chi connectivity index (χ0) is 15.5. The average molecular weight is 317 g/mol. The molecule has 0 radical (unpaired) electrons. The Morgan fingerprint density at radius 3 is 2.82 bits per heavy atom. The van der Waals surface area contributed by atoms with Gasteiger partial charge in [-0.2, -0.15) is 0 Å². The van der Waals surface area contributed by atoms with E-state index in [1.54, 1.807) is 31.3 Å². The molecular weight excluding hydrogens is 305 g/mol. The Morgan fingerprint density at radius 2 is 2.14 bits per heavy atom. The Kier molecular flexibility index (Phi) is 3.97. The van der Waals surface area contributed by atoms with E-state index in [9.17, 15) is 9.18 Å². The van der Waals surface area contributed by atoms with Gasteiger partial charge in [-0.05, 0) is 24.6 Å². The molecule has 5 nitrogen and oxygen atoms in total. The number of aromatic nitrogens is 2. The van der Waals surface area contributed by atoms with Crippen LogP contribution in [0.25, 0.3) is 0 Å². The number of aryl methyl sites for hydroxylation is 1. The molecule has 1 amide bonds. The molecule has 0 unspecified atom stereocenters. The molecule has 0 aliphatic rings. The lowest BCUT2D eigenvalue weighted by Crippen LogP contribution is -2.10. The molecule has 0 bridgehead atoms. The highest BCUT2D eigenvalue weighted by Gasteiger charge is 2.13. The third-order valence-electron chi connectivity index (χ3n) is 2.92. The summed E-state index contributed by atoms with van der Waals surface area (Å²) in [6.45, 7) is 1.74. The summed E-state index contributed by atoms with van der Waals surface area (Å²) < 4.78 is 17.8. The minimum Gasteiger partial charge on any atom is -0.351 e. The molecular formula is C15H12FN3O2S. The molecule has 22 heavy (non-hydrogen) atoms. The van der Waals surface area contributed by atoms with E-state index in [1.165, 1.54) is 23.5 Å². The normalized spacial score (nSPS) is 10.6. The highest BCUT2D eigenvalue weighted by atomic mass is 32.1. The molecule has 0 fully saturated rings. The molecule has 0 saturated heterocycles. The number of hydrogen-bond acceptors (Lipinski definition) is 5. The van der Waals surface area contributed by atoms with Crippen LogP contribution in [0.2, 0.25) is 0 Å². The van der Waals surface area contributed by atoms with E-state index in [1.807, 2.05) is 0 Å². The number of carbonyl (C=O) groups is 1. The number of halogens is 1. The van der Waals surface area contributed by atoms with Crippen LogP contribution in [0.15, 0.2) is 41.1 Å². The van der Waals surface area contributed by atoms with E-state index in [0.29, 0.717) is 17.2 Å². The third kappa shape index (κ3) is 3.37. The number of nitrogens with one attached hydrogen (secondary N) is 1. The number of benzene rings is 1. The van der Waals surface area contributed by atoms with Crippen LogP contribution in [0.5, 0.6) is 0 Å². The van der Waals surface area contributed by atoms with Crippen LogP contribution in [0.1, 0.15) is 26.7 Å². The molecule has 0 aliphatic heterocycles. The number of amides is 1. The van der Waals surface area contributed by atoms with Gasteiger partial charge in [-0.1, -0.05) is 17.3 Å².